The Morgan fingerprint density at radius 3 is 3.19 bits per heavy atom. The van der Waals surface area contributed by atoms with Gasteiger partial charge in [0.1, 0.15) is 0 Å². The van der Waals surface area contributed by atoms with E-state index in [0.29, 0.717) is 11.9 Å². The lowest BCUT2D eigenvalue weighted by atomic mass is 10.2. The van der Waals surface area contributed by atoms with Crippen LogP contribution in [-0.4, -0.2) is 41.3 Å². The van der Waals surface area contributed by atoms with E-state index in [4.69, 9.17) is 4.74 Å². The second-order valence-electron chi connectivity index (χ2n) is 4.12. The van der Waals surface area contributed by atoms with Gasteiger partial charge in [-0.1, -0.05) is 6.07 Å². The number of nitrogens with zero attached hydrogens (tertiary/aromatic N) is 2. The Morgan fingerprint density at radius 2 is 2.44 bits per heavy atom. The highest BCUT2D eigenvalue weighted by Crippen LogP contribution is 2.19. The summed E-state index contributed by atoms with van der Waals surface area (Å²) in [5.41, 5.74) is 1.000. The summed E-state index contributed by atoms with van der Waals surface area (Å²) in [6, 6.07) is 6.09. The third kappa shape index (κ3) is 2.51. The summed E-state index contributed by atoms with van der Waals surface area (Å²) in [6.45, 7) is 2.08. The number of hydrogen-bond acceptors (Lipinski definition) is 4. The lowest BCUT2D eigenvalue weighted by Crippen LogP contribution is -2.31. The first-order valence-electron chi connectivity index (χ1n) is 5.68. The van der Waals surface area contributed by atoms with Crippen LogP contribution in [0.5, 0.6) is 5.88 Å². The fraction of sp³-hybridized carbons (Fsp3) is 0.583. The molecule has 0 radical (unpaired) electrons. The molecule has 0 aliphatic carbocycles. The maximum absolute atomic E-state index is 9.23. The molecular weight excluding hydrogens is 204 g/mol. The zero-order valence-corrected chi connectivity index (χ0v) is 9.59. The van der Waals surface area contributed by atoms with Crippen molar-refractivity contribution in [2.24, 2.45) is 0 Å². The monoisotopic (exact) mass is 222 g/mol. The van der Waals surface area contributed by atoms with Gasteiger partial charge < -0.3 is 9.84 Å². The lowest BCUT2D eigenvalue weighted by Gasteiger charge is -2.22. The van der Waals surface area contributed by atoms with E-state index in [0.717, 1.165) is 31.6 Å². The fourth-order valence-electron chi connectivity index (χ4n) is 2.18. The standard InChI is InChI=1S/C12H18N2O2/c1-16-12-6-2-4-10(13-12)8-14-7-3-5-11(14)9-15/h2,4,6,11,15H,3,5,7-9H2,1H3/t11-/m0/s1. The summed E-state index contributed by atoms with van der Waals surface area (Å²) in [5.74, 6) is 0.650. The number of aliphatic hydroxyl groups is 1. The number of aromatic nitrogens is 1. The first-order chi connectivity index (χ1) is 7.83. The van der Waals surface area contributed by atoms with Crippen LogP contribution in [0, 0.1) is 0 Å². The van der Waals surface area contributed by atoms with Gasteiger partial charge in [0, 0.05) is 18.7 Å². The van der Waals surface area contributed by atoms with Crippen molar-refractivity contribution in [2.75, 3.05) is 20.3 Å². The molecule has 0 saturated carbocycles. The van der Waals surface area contributed by atoms with Gasteiger partial charge in [-0.2, -0.15) is 0 Å². The molecule has 1 aromatic rings. The van der Waals surface area contributed by atoms with Crippen molar-refractivity contribution < 1.29 is 9.84 Å². The van der Waals surface area contributed by atoms with E-state index < -0.39 is 0 Å². The van der Waals surface area contributed by atoms with Crippen molar-refractivity contribution in [2.45, 2.75) is 25.4 Å². The molecule has 0 unspecified atom stereocenters. The Bertz CT molecular complexity index is 344. The van der Waals surface area contributed by atoms with Crippen LogP contribution in [0.4, 0.5) is 0 Å². The fourth-order valence-corrected chi connectivity index (χ4v) is 2.18. The van der Waals surface area contributed by atoms with Gasteiger partial charge in [0.2, 0.25) is 5.88 Å². The molecule has 4 nitrogen and oxygen atoms in total. The van der Waals surface area contributed by atoms with Crippen LogP contribution in [0.2, 0.25) is 0 Å². The van der Waals surface area contributed by atoms with Crippen LogP contribution in [0.1, 0.15) is 18.5 Å². The Balaban J connectivity index is 2.02. The zero-order chi connectivity index (χ0) is 11.4. The van der Waals surface area contributed by atoms with Crippen LogP contribution in [0.15, 0.2) is 18.2 Å². The summed E-state index contributed by atoms with van der Waals surface area (Å²) in [7, 11) is 1.62. The molecule has 1 N–H and O–H groups in total. The van der Waals surface area contributed by atoms with Crippen LogP contribution >= 0.6 is 0 Å². The van der Waals surface area contributed by atoms with Gasteiger partial charge in [-0.25, -0.2) is 4.98 Å². The molecule has 1 saturated heterocycles. The average molecular weight is 222 g/mol. The molecule has 0 aromatic carbocycles. The van der Waals surface area contributed by atoms with E-state index in [1.807, 2.05) is 18.2 Å². The maximum Gasteiger partial charge on any atom is 0.213 e. The van der Waals surface area contributed by atoms with Crippen molar-refractivity contribution in [1.29, 1.82) is 0 Å². The van der Waals surface area contributed by atoms with Crippen molar-refractivity contribution in [3.8, 4) is 5.88 Å². The number of pyridine rings is 1. The Hall–Kier alpha value is -1.13. The molecule has 88 valence electrons. The minimum atomic E-state index is 0.240. The second-order valence-corrected chi connectivity index (χ2v) is 4.12. The predicted molar refractivity (Wildman–Crippen MR) is 61.3 cm³/mol. The zero-order valence-electron chi connectivity index (χ0n) is 9.59. The topological polar surface area (TPSA) is 45.6 Å². The van der Waals surface area contributed by atoms with Crippen LogP contribution in [0.3, 0.4) is 0 Å². The number of hydrogen-bond donors (Lipinski definition) is 1. The first-order valence-corrected chi connectivity index (χ1v) is 5.68. The summed E-state index contributed by atoms with van der Waals surface area (Å²) in [4.78, 5) is 6.66. The van der Waals surface area contributed by atoms with E-state index >= 15 is 0 Å². The first kappa shape index (κ1) is 11.4. The van der Waals surface area contributed by atoms with Crippen molar-refractivity contribution in [1.82, 2.24) is 9.88 Å². The predicted octanol–water partition coefficient (Wildman–Crippen LogP) is 1.05. The number of methoxy groups -OCH3 is 1. The number of aliphatic hydroxyl groups excluding tert-OH is 1. The summed E-state index contributed by atoms with van der Waals surface area (Å²) < 4.78 is 5.09. The molecule has 1 aliphatic heterocycles. The third-order valence-corrected chi connectivity index (χ3v) is 3.07. The highest BCUT2D eigenvalue weighted by molar-refractivity contribution is 5.15. The Labute approximate surface area is 95.9 Å². The molecule has 0 bridgehead atoms. The molecule has 2 rings (SSSR count). The number of ether oxygens (including phenoxy) is 1. The van der Waals surface area contributed by atoms with E-state index in [9.17, 15) is 5.11 Å². The molecular formula is C12H18N2O2. The molecule has 2 heterocycles. The van der Waals surface area contributed by atoms with Gasteiger partial charge in [-0.15, -0.1) is 0 Å². The number of likely N-dealkylation sites (tertiary alicyclic amines) is 1. The highest BCUT2D eigenvalue weighted by atomic mass is 16.5. The third-order valence-electron chi connectivity index (χ3n) is 3.07. The second kappa shape index (κ2) is 5.27. The molecule has 0 amide bonds. The largest absolute Gasteiger partial charge is 0.481 e. The Kier molecular flexibility index (Phi) is 3.74. The summed E-state index contributed by atoms with van der Waals surface area (Å²) >= 11 is 0. The summed E-state index contributed by atoms with van der Waals surface area (Å²) in [5, 5.41) is 9.23. The molecule has 1 fully saturated rings. The SMILES string of the molecule is COc1cccc(CN2CCC[C@H]2CO)n1. The van der Waals surface area contributed by atoms with Crippen molar-refractivity contribution in [3.63, 3.8) is 0 Å². The van der Waals surface area contributed by atoms with Gasteiger partial charge in [-0.05, 0) is 25.5 Å². The van der Waals surface area contributed by atoms with Crippen molar-refractivity contribution >= 4 is 0 Å². The summed E-state index contributed by atoms with van der Waals surface area (Å²) in [6.07, 6.45) is 2.25. The highest BCUT2D eigenvalue weighted by Gasteiger charge is 2.23. The number of rotatable bonds is 4. The molecule has 1 aromatic heterocycles. The van der Waals surface area contributed by atoms with Gasteiger partial charge in [-0.3, -0.25) is 4.90 Å². The normalized spacial score (nSPS) is 21.2. The Morgan fingerprint density at radius 1 is 1.56 bits per heavy atom. The van der Waals surface area contributed by atoms with Crippen LogP contribution in [-0.2, 0) is 6.54 Å². The van der Waals surface area contributed by atoms with E-state index in [1.54, 1.807) is 7.11 Å². The maximum atomic E-state index is 9.23. The van der Waals surface area contributed by atoms with E-state index in [-0.39, 0.29) is 6.61 Å². The molecule has 16 heavy (non-hydrogen) atoms. The van der Waals surface area contributed by atoms with Crippen molar-refractivity contribution in [3.05, 3.63) is 23.9 Å². The smallest absolute Gasteiger partial charge is 0.213 e. The lowest BCUT2D eigenvalue weighted by molar-refractivity contribution is 0.152. The minimum Gasteiger partial charge on any atom is -0.481 e. The van der Waals surface area contributed by atoms with Gasteiger partial charge in [0.05, 0.1) is 19.4 Å². The van der Waals surface area contributed by atoms with Gasteiger partial charge in [0.25, 0.3) is 0 Å². The van der Waals surface area contributed by atoms with E-state index in [1.165, 1.54) is 0 Å². The molecule has 4 heteroatoms. The van der Waals surface area contributed by atoms with Gasteiger partial charge in [0.15, 0.2) is 0 Å². The molecule has 1 atom stereocenters. The average Bonchev–Trinajstić information content (AvgIpc) is 2.76. The van der Waals surface area contributed by atoms with Crippen LogP contribution in [0.25, 0.3) is 0 Å². The molecule has 0 spiro atoms. The quantitative estimate of drug-likeness (QED) is 0.827. The van der Waals surface area contributed by atoms with Crippen LogP contribution < -0.4 is 4.74 Å². The molecule has 1 aliphatic rings. The van der Waals surface area contributed by atoms with Gasteiger partial charge >= 0.3 is 0 Å². The minimum absolute atomic E-state index is 0.240. The van der Waals surface area contributed by atoms with E-state index in [2.05, 4.69) is 9.88 Å².